The molecule has 3 rings (SSSR count). The van der Waals surface area contributed by atoms with Gasteiger partial charge in [-0.15, -0.1) is 12.4 Å². The van der Waals surface area contributed by atoms with Crippen LogP contribution < -0.4 is 15.4 Å². The Labute approximate surface area is 156 Å². The van der Waals surface area contributed by atoms with Crippen LogP contribution in [0.25, 0.3) is 0 Å². The van der Waals surface area contributed by atoms with Crippen LogP contribution in [-0.2, 0) is 9.53 Å². The van der Waals surface area contributed by atoms with Crippen molar-refractivity contribution in [3.8, 4) is 5.75 Å². The molecule has 0 aromatic heterocycles. The average molecular weight is 369 g/mol. The number of amides is 1. The number of hydrogen-bond acceptors (Lipinski definition) is 4. The maximum atomic E-state index is 12.2. The molecule has 2 heterocycles. The number of halogens is 1. The Morgan fingerprint density at radius 2 is 2.12 bits per heavy atom. The Morgan fingerprint density at radius 1 is 1.32 bits per heavy atom. The van der Waals surface area contributed by atoms with Gasteiger partial charge in [0, 0.05) is 37.4 Å². The first-order valence-electron chi connectivity index (χ1n) is 9.05. The molecule has 1 atom stereocenters. The highest BCUT2D eigenvalue weighted by atomic mass is 35.5. The number of rotatable bonds is 6. The lowest BCUT2D eigenvalue weighted by Gasteiger charge is -2.22. The average Bonchev–Trinajstić information content (AvgIpc) is 3.09. The number of ether oxygens (including phenoxy) is 2. The molecule has 2 fully saturated rings. The second-order valence-electron chi connectivity index (χ2n) is 6.89. The quantitative estimate of drug-likeness (QED) is 0.808. The summed E-state index contributed by atoms with van der Waals surface area (Å²) in [6.07, 6.45) is 4.90. The number of benzene rings is 1. The van der Waals surface area contributed by atoms with Crippen molar-refractivity contribution in [3.05, 3.63) is 23.8 Å². The number of nitrogens with one attached hydrogen (secondary N) is 2. The molecule has 6 heteroatoms. The minimum atomic E-state index is 0. The van der Waals surface area contributed by atoms with Crippen molar-refractivity contribution >= 4 is 24.0 Å². The van der Waals surface area contributed by atoms with Crippen LogP contribution in [0, 0.1) is 12.8 Å². The number of carbonyl (C=O) groups is 1. The SMILES string of the molecule is Cc1ccc(NC(=O)CC2CCCN2)cc1OCC1CCOCC1.Cl. The van der Waals surface area contributed by atoms with E-state index in [1.165, 1.54) is 0 Å². The minimum Gasteiger partial charge on any atom is -0.493 e. The summed E-state index contributed by atoms with van der Waals surface area (Å²) in [6.45, 7) is 5.43. The van der Waals surface area contributed by atoms with E-state index in [0.29, 0.717) is 25.0 Å². The normalized spacial score (nSPS) is 20.8. The molecule has 2 aliphatic rings. The predicted molar refractivity (Wildman–Crippen MR) is 102 cm³/mol. The van der Waals surface area contributed by atoms with Crippen molar-refractivity contribution in [3.63, 3.8) is 0 Å². The molecule has 25 heavy (non-hydrogen) atoms. The van der Waals surface area contributed by atoms with Gasteiger partial charge in [-0.1, -0.05) is 6.07 Å². The topological polar surface area (TPSA) is 59.6 Å². The fourth-order valence-corrected chi connectivity index (χ4v) is 3.32. The fourth-order valence-electron chi connectivity index (χ4n) is 3.32. The highest BCUT2D eigenvalue weighted by Crippen LogP contribution is 2.25. The lowest BCUT2D eigenvalue weighted by Crippen LogP contribution is -2.27. The molecular formula is C19H29ClN2O3. The van der Waals surface area contributed by atoms with Gasteiger partial charge in [-0.05, 0) is 56.7 Å². The van der Waals surface area contributed by atoms with Crippen LogP contribution in [0.5, 0.6) is 5.75 Å². The monoisotopic (exact) mass is 368 g/mol. The van der Waals surface area contributed by atoms with E-state index in [1.54, 1.807) is 0 Å². The van der Waals surface area contributed by atoms with Gasteiger partial charge in [0.1, 0.15) is 5.75 Å². The molecule has 0 spiro atoms. The Hall–Kier alpha value is -1.30. The van der Waals surface area contributed by atoms with Crippen molar-refractivity contribution in [2.45, 2.75) is 45.1 Å². The lowest BCUT2D eigenvalue weighted by molar-refractivity contribution is -0.116. The van der Waals surface area contributed by atoms with Gasteiger partial charge >= 0.3 is 0 Å². The van der Waals surface area contributed by atoms with E-state index in [9.17, 15) is 4.79 Å². The van der Waals surface area contributed by atoms with Gasteiger partial charge < -0.3 is 20.1 Å². The summed E-state index contributed by atoms with van der Waals surface area (Å²) in [4.78, 5) is 12.2. The van der Waals surface area contributed by atoms with Crippen molar-refractivity contribution in [2.75, 3.05) is 31.7 Å². The van der Waals surface area contributed by atoms with Crippen LogP contribution in [0.1, 0.15) is 37.7 Å². The molecule has 2 N–H and O–H groups in total. The zero-order valence-electron chi connectivity index (χ0n) is 14.9. The molecule has 1 amide bonds. The molecule has 0 saturated carbocycles. The van der Waals surface area contributed by atoms with E-state index >= 15 is 0 Å². The van der Waals surface area contributed by atoms with Crippen molar-refractivity contribution in [1.29, 1.82) is 0 Å². The first-order valence-corrected chi connectivity index (χ1v) is 9.05. The van der Waals surface area contributed by atoms with E-state index in [-0.39, 0.29) is 18.3 Å². The number of aryl methyl sites for hydroxylation is 1. The fraction of sp³-hybridized carbons (Fsp3) is 0.632. The van der Waals surface area contributed by atoms with E-state index in [2.05, 4.69) is 10.6 Å². The second kappa shape index (κ2) is 10.00. The summed E-state index contributed by atoms with van der Waals surface area (Å²) in [5.41, 5.74) is 1.91. The molecule has 2 saturated heterocycles. The second-order valence-corrected chi connectivity index (χ2v) is 6.89. The zero-order chi connectivity index (χ0) is 16.8. The molecular weight excluding hydrogens is 340 g/mol. The Kier molecular flexibility index (Phi) is 8.00. The van der Waals surface area contributed by atoms with Gasteiger partial charge in [0.25, 0.3) is 0 Å². The molecule has 1 aromatic carbocycles. The van der Waals surface area contributed by atoms with E-state index in [4.69, 9.17) is 9.47 Å². The first-order chi connectivity index (χ1) is 11.7. The van der Waals surface area contributed by atoms with Crippen molar-refractivity contribution in [2.24, 2.45) is 5.92 Å². The van der Waals surface area contributed by atoms with Gasteiger partial charge in [-0.3, -0.25) is 4.79 Å². The summed E-state index contributed by atoms with van der Waals surface area (Å²) < 4.78 is 11.4. The van der Waals surface area contributed by atoms with Crippen LogP contribution in [0.2, 0.25) is 0 Å². The molecule has 1 unspecified atom stereocenters. The first kappa shape index (κ1) is 20.0. The van der Waals surface area contributed by atoms with Crippen LogP contribution in [-0.4, -0.2) is 38.3 Å². The molecule has 140 valence electrons. The molecule has 0 aliphatic carbocycles. The summed E-state index contributed by atoms with van der Waals surface area (Å²) in [5, 5.41) is 6.35. The van der Waals surface area contributed by atoms with E-state index in [1.807, 2.05) is 25.1 Å². The molecule has 0 bridgehead atoms. The minimum absolute atomic E-state index is 0. The third-order valence-electron chi connectivity index (χ3n) is 4.88. The van der Waals surface area contributed by atoms with Crippen molar-refractivity contribution in [1.82, 2.24) is 5.32 Å². The molecule has 5 nitrogen and oxygen atoms in total. The standard InChI is InChI=1S/C19H28N2O3.ClH/c1-14-4-5-17(21-19(22)12-16-3-2-8-20-16)11-18(14)24-13-15-6-9-23-10-7-15;/h4-5,11,15-16,20H,2-3,6-10,12-13H2,1H3,(H,21,22);1H. The highest BCUT2D eigenvalue weighted by Gasteiger charge is 2.18. The predicted octanol–water partition coefficient (Wildman–Crippen LogP) is 3.30. The summed E-state index contributed by atoms with van der Waals surface area (Å²) >= 11 is 0. The van der Waals surface area contributed by atoms with Gasteiger partial charge in [0.15, 0.2) is 0 Å². The van der Waals surface area contributed by atoms with E-state index < -0.39 is 0 Å². The van der Waals surface area contributed by atoms with Crippen LogP contribution >= 0.6 is 12.4 Å². The number of carbonyl (C=O) groups excluding carboxylic acids is 1. The third-order valence-corrected chi connectivity index (χ3v) is 4.88. The molecule has 0 radical (unpaired) electrons. The number of hydrogen-bond donors (Lipinski definition) is 2. The van der Waals surface area contributed by atoms with Crippen LogP contribution in [0.4, 0.5) is 5.69 Å². The largest absolute Gasteiger partial charge is 0.493 e. The van der Waals surface area contributed by atoms with Gasteiger partial charge in [0.05, 0.1) is 6.61 Å². The summed E-state index contributed by atoms with van der Waals surface area (Å²) in [6, 6.07) is 6.20. The summed E-state index contributed by atoms with van der Waals surface area (Å²) in [7, 11) is 0. The van der Waals surface area contributed by atoms with Gasteiger partial charge in [-0.2, -0.15) is 0 Å². The Balaban J connectivity index is 0.00000225. The zero-order valence-corrected chi connectivity index (χ0v) is 15.7. The lowest BCUT2D eigenvalue weighted by atomic mass is 10.0. The van der Waals surface area contributed by atoms with Gasteiger partial charge in [0.2, 0.25) is 5.91 Å². The maximum Gasteiger partial charge on any atom is 0.225 e. The number of anilines is 1. The van der Waals surface area contributed by atoms with Crippen LogP contribution in [0.3, 0.4) is 0 Å². The molecule has 1 aromatic rings. The molecule has 2 aliphatic heterocycles. The van der Waals surface area contributed by atoms with Crippen molar-refractivity contribution < 1.29 is 14.3 Å². The maximum absolute atomic E-state index is 12.2. The Bertz CT molecular complexity index is 556. The highest BCUT2D eigenvalue weighted by molar-refractivity contribution is 5.91. The Morgan fingerprint density at radius 3 is 2.84 bits per heavy atom. The third kappa shape index (κ3) is 6.17. The van der Waals surface area contributed by atoms with E-state index in [0.717, 1.165) is 62.4 Å². The smallest absolute Gasteiger partial charge is 0.225 e. The van der Waals surface area contributed by atoms with Crippen LogP contribution in [0.15, 0.2) is 18.2 Å². The van der Waals surface area contributed by atoms with Gasteiger partial charge in [-0.25, -0.2) is 0 Å². The summed E-state index contributed by atoms with van der Waals surface area (Å²) in [5.74, 6) is 1.48.